The Hall–Kier alpha value is -1.95. The zero-order valence-electron chi connectivity index (χ0n) is 8.43. The Bertz CT molecular complexity index is 373. The van der Waals surface area contributed by atoms with Gasteiger partial charge in [0.2, 0.25) is 0 Å². The van der Waals surface area contributed by atoms with Crippen molar-refractivity contribution in [1.82, 2.24) is 0 Å². The van der Waals surface area contributed by atoms with E-state index in [4.69, 9.17) is 16.3 Å². The van der Waals surface area contributed by atoms with Crippen LogP contribution in [-0.2, 0) is 4.79 Å². The zero-order valence-corrected chi connectivity index (χ0v) is 8.43. The van der Waals surface area contributed by atoms with Crippen LogP contribution in [0.15, 0.2) is 24.3 Å². The Morgan fingerprint density at radius 3 is 2.60 bits per heavy atom. The van der Waals surface area contributed by atoms with Crippen LogP contribution in [0.4, 0.5) is 0 Å². The number of carbonyl (C=O) groups is 1. The van der Waals surface area contributed by atoms with Gasteiger partial charge in [-0.05, 0) is 24.6 Å². The maximum absolute atomic E-state index is 10.7. The molecule has 15 heavy (non-hydrogen) atoms. The molecule has 0 bridgehead atoms. The average molecular weight is 204 g/mol. The van der Waals surface area contributed by atoms with Gasteiger partial charge in [-0.15, -0.1) is 6.42 Å². The average Bonchev–Trinajstić information content (AvgIpc) is 2.26. The molecule has 1 rings (SSSR count). The van der Waals surface area contributed by atoms with Gasteiger partial charge in [-0.1, -0.05) is 18.1 Å². The fourth-order valence-corrected chi connectivity index (χ4v) is 1.12. The fraction of sp³-hybridized carbons (Fsp3) is 0.250. The van der Waals surface area contributed by atoms with E-state index < -0.39 is 11.9 Å². The first-order chi connectivity index (χ1) is 7.15. The summed E-state index contributed by atoms with van der Waals surface area (Å²) in [6.07, 6.45) is 5.04. The van der Waals surface area contributed by atoms with Crippen molar-refractivity contribution in [2.45, 2.75) is 12.8 Å². The van der Waals surface area contributed by atoms with Crippen molar-refractivity contribution in [3.8, 4) is 18.1 Å². The van der Waals surface area contributed by atoms with Gasteiger partial charge in [0.15, 0.2) is 0 Å². The summed E-state index contributed by atoms with van der Waals surface area (Å²) in [4.78, 5) is 10.7. The molecular weight excluding hydrogens is 192 g/mol. The summed E-state index contributed by atoms with van der Waals surface area (Å²) in [6.45, 7) is 1.85. The number of aliphatic carboxylic acids is 1. The maximum Gasteiger partial charge on any atom is 0.310 e. The second kappa shape index (κ2) is 5.06. The number of carboxylic acids is 1. The lowest BCUT2D eigenvalue weighted by Crippen LogP contribution is -2.07. The van der Waals surface area contributed by atoms with Gasteiger partial charge in [-0.25, -0.2) is 0 Å². The highest BCUT2D eigenvalue weighted by Crippen LogP contribution is 2.19. The SMILES string of the molecule is C#CCOc1ccc(C(C)C(=O)O)cc1. The largest absolute Gasteiger partial charge is 0.481 e. The molecule has 0 fully saturated rings. The number of hydrogen-bond donors (Lipinski definition) is 1. The highest BCUT2D eigenvalue weighted by molar-refractivity contribution is 5.75. The van der Waals surface area contributed by atoms with E-state index in [1.54, 1.807) is 31.2 Å². The predicted molar refractivity (Wildman–Crippen MR) is 56.8 cm³/mol. The second-order valence-electron chi connectivity index (χ2n) is 3.12. The molecule has 0 saturated heterocycles. The molecule has 1 atom stereocenters. The predicted octanol–water partition coefficient (Wildman–Crippen LogP) is 1.89. The number of benzene rings is 1. The lowest BCUT2D eigenvalue weighted by molar-refractivity contribution is -0.138. The Morgan fingerprint density at radius 2 is 2.13 bits per heavy atom. The van der Waals surface area contributed by atoms with Crippen LogP contribution in [0.3, 0.4) is 0 Å². The van der Waals surface area contributed by atoms with Crippen LogP contribution in [-0.4, -0.2) is 17.7 Å². The monoisotopic (exact) mass is 204 g/mol. The van der Waals surface area contributed by atoms with Gasteiger partial charge in [-0.2, -0.15) is 0 Å². The molecule has 0 spiro atoms. The summed E-state index contributed by atoms with van der Waals surface area (Å²) in [5.41, 5.74) is 0.746. The highest BCUT2D eigenvalue weighted by atomic mass is 16.5. The molecule has 0 aliphatic carbocycles. The van der Waals surface area contributed by atoms with Crippen LogP contribution in [0.5, 0.6) is 5.75 Å². The van der Waals surface area contributed by atoms with Crippen molar-refractivity contribution < 1.29 is 14.6 Å². The van der Waals surface area contributed by atoms with Crippen molar-refractivity contribution >= 4 is 5.97 Å². The number of terminal acetylenes is 1. The number of rotatable bonds is 4. The van der Waals surface area contributed by atoms with Crippen molar-refractivity contribution in [3.63, 3.8) is 0 Å². The molecule has 3 nitrogen and oxygen atoms in total. The first-order valence-electron chi connectivity index (χ1n) is 4.54. The first-order valence-corrected chi connectivity index (χ1v) is 4.54. The molecule has 0 amide bonds. The summed E-state index contributed by atoms with van der Waals surface area (Å²) in [6, 6.07) is 6.88. The second-order valence-corrected chi connectivity index (χ2v) is 3.12. The van der Waals surface area contributed by atoms with Crippen LogP contribution < -0.4 is 4.74 Å². The molecule has 0 aromatic heterocycles. The van der Waals surface area contributed by atoms with Crippen LogP contribution in [0.1, 0.15) is 18.4 Å². The lowest BCUT2D eigenvalue weighted by atomic mass is 10.0. The summed E-state index contributed by atoms with van der Waals surface area (Å²) < 4.78 is 5.17. The van der Waals surface area contributed by atoms with Gasteiger partial charge < -0.3 is 9.84 Å². The third kappa shape index (κ3) is 3.03. The Kier molecular flexibility index (Phi) is 3.75. The summed E-state index contributed by atoms with van der Waals surface area (Å²) in [7, 11) is 0. The normalized spacial score (nSPS) is 11.5. The molecule has 0 heterocycles. The number of carboxylic acid groups (broad SMARTS) is 1. The van der Waals surface area contributed by atoms with Crippen LogP contribution >= 0.6 is 0 Å². The molecule has 3 heteroatoms. The molecule has 1 N–H and O–H groups in total. The quantitative estimate of drug-likeness (QED) is 0.762. The molecule has 1 unspecified atom stereocenters. The Balaban J connectivity index is 2.72. The van der Waals surface area contributed by atoms with E-state index in [1.165, 1.54) is 0 Å². The Morgan fingerprint density at radius 1 is 1.53 bits per heavy atom. The van der Waals surface area contributed by atoms with E-state index in [2.05, 4.69) is 5.92 Å². The van der Waals surface area contributed by atoms with Crippen molar-refractivity contribution in [1.29, 1.82) is 0 Å². The van der Waals surface area contributed by atoms with Gasteiger partial charge in [0.25, 0.3) is 0 Å². The minimum Gasteiger partial charge on any atom is -0.481 e. The van der Waals surface area contributed by atoms with E-state index in [1.807, 2.05) is 0 Å². The van der Waals surface area contributed by atoms with E-state index in [-0.39, 0.29) is 6.61 Å². The van der Waals surface area contributed by atoms with Crippen molar-refractivity contribution in [2.24, 2.45) is 0 Å². The van der Waals surface area contributed by atoms with Crippen LogP contribution in [0.25, 0.3) is 0 Å². The third-order valence-electron chi connectivity index (χ3n) is 2.07. The molecule has 78 valence electrons. The molecule has 0 radical (unpaired) electrons. The number of hydrogen-bond acceptors (Lipinski definition) is 2. The maximum atomic E-state index is 10.7. The number of ether oxygens (including phenoxy) is 1. The molecule has 1 aromatic rings. The van der Waals surface area contributed by atoms with E-state index >= 15 is 0 Å². The van der Waals surface area contributed by atoms with Crippen LogP contribution in [0.2, 0.25) is 0 Å². The summed E-state index contributed by atoms with van der Waals surface area (Å²) in [5, 5.41) is 8.79. The van der Waals surface area contributed by atoms with Crippen LogP contribution in [0, 0.1) is 12.3 Å². The molecular formula is C12H12O3. The van der Waals surface area contributed by atoms with Gasteiger partial charge in [0.1, 0.15) is 12.4 Å². The smallest absolute Gasteiger partial charge is 0.310 e. The molecule has 0 saturated carbocycles. The van der Waals surface area contributed by atoms with E-state index in [0.29, 0.717) is 5.75 Å². The molecule has 1 aromatic carbocycles. The van der Waals surface area contributed by atoms with Gasteiger partial charge in [0.05, 0.1) is 5.92 Å². The first kappa shape index (κ1) is 11.1. The molecule has 0 aliphatic rings. The topological polar surface area (TPSA) is 46.5 Å². The molecule has 0 aliphatic heterocycles. The zero-order chi connectivity index (χ0) is 11.3. The van der Waals surface area contributed by atoms with E-state index in [0.717, 1.165) is 5.56 Å². The van der Waals surface area contributed by atoms with Crippen molar-refractivity contribution in [3.05, 3.63) is 29.8 Å². The van der Waals surface area contributed by atoms with E-state index in [9.17, 15) is 4.79 Å². The Labute approximate surface area is 88.7 Å². The van der Waals surface area contributed by atoms with Gasteiger partial charge in [0, 0.05) is 0 Å². The minimum atomic E-state index is -0.840. The summed E-state index contributed by atoms with van der Waals surface area (Å²) in [5.74, 6) is 1.65. The summed E-state index contributed by atoms with van der Waals surface area (Å²) >= 11 is 0. The minimum absolute atomic E-state index is 0.216. The third-order valence-corrected chi connectivity index (χ3v) is 2.07. The van der Waals surface area contributed by atoms with Crippen molar-refractivity contribution in [2.75, 3.05) is 6.61 Å². The lowest BCUT2D eigenvalue weighted by Gasteiger charge is -2.07. The van der Waals surface area contributed by atoms with Gasteiger partial charge in [-0.3, -0.25) is 4.79 Å². The highest BCUT2D eigenvalue weighted by Gasteiger charge is 2.12. The van der Waals surface area contributed by atoms with Gasteiger partial charge >= 0.3 is 5.97 Å². The standard InChI is InChI=1S/C12H12O3/c1-3-8-15-11-6-4-10(5-7-11)9(2)12(13)14/h1,4-7,9H,8H2,2H3,(H,13,14). The fourth-order valence-electron chi connectivity index (χ4n) is 1.12.